The van der Waals surface area contributed by atoms with E-state index in [1.807, 2.05) is 22.8 Å². The number of anilines is 1. The highest BCUT2D eigenvalue weighted by Crippen LogP contribution is 2.21. The molecule has 0 amide bonds. The number of hydrogen-bond acceptors (Lipinski definition) is 4. The second kappa shape index (κ2) is 8.03. The average molecular weight is 350 g/mol. The molecule has 0 bridgehead atoms. The third-order valence-corrected chi connectivity index (χ3v) is 4.49. The summed E-state index contributed by atoms with van der Waals surface area (Å²) in [6.45, 7) is 4.97. The Hall–Kier alpha value is -2.53. The van der Waals surface area contributed by atoms with E-state index in [0.717, 1.165) is 18.5 Å². The van der Waals surface area contributed by atoms with E-state index in [9.17, 15) is 0 Å². The van der Waals surface area contributed by atoms with Gasteiger partial charge in [0.1, 0.15) is 6.33 Å². The van der Waals surface area contributed by atoms with Gasteiger partial charge in [0, 0.05) is 6.54 Å². The van der Waals surface area contributed by atoms with Gasteiger partial charge in [-0.25, -0.2) is 4.98 Å². The van der Waals surface area contributed by atoms with Crippen LogP contribution < -0.4 is 5.32 Å². The lowest BCUT2D eigenvalue weighted by molar-refractivity contribution is 0.859. The minimum atomic E-state index is 0.515. The molecule has 0 atom stereocenters. The lowest BCUT2D eigenvalue weighted by atomic mass is 10.0. The normalized spacial score (nSPS) is 10.6. The zero-order chi connectivity index (χ0) is 17.6. The molecular weight excluding hydrogens is 328 g/mol. The maximum Gasteiger partial charge on any atom is 0.227 e. The zero-order valence-corrected chi connectivity index (χ0v) is 15.4. The number of nitrogens with one attached hydrogen (secondary N) is 1. The Labute approximate surface area is 153 Å². The first-order valence-corrected chi connectivity index (χ1v) is 8.98. The molecule has 3 rings (SSSR count). The van der Waals surface area contributed by atoms with Crippen LogP contribution >= 0.6 is 12.2 Å². The molecule has 4 nitrogen and oxygen atoms in total. The lowest BCUT2D eigenvalue weighted by Gasteiger charge is -2.16. The minimum Gasteiger partial charge on any atom is -0.350 e. The van der Waals surface area contributed by atoms with E-state index in [0.29, 0.717) is 17.3 Å². The quantitative estimate of drug-likeness (QED) is 0.653. The standard InChI is InChI=1S/C20H22N4S/c1-3-16-11-8-12-17(4-2)18(16)24-14-22-19(23-20(24)25)21-13-15-9-6-5-7-10-15/h5-12,14H,3-4,13H2,1-2H3,(H,21,23,25). The van der Waals surface area contributed by atoms with E-state index in [2.05, 4.69) is 59.5 Å². The molecule has 1 heterocycles. The van der Waals surface area contributed by atoms with Crippen molar-refractivity contribution >= 4 is 18.2 Å². The van der Waals surface area contributed by atoms with Gasteiger partial charge in [-0.05, 0) is 41.7 Å². The molecule has 0 aliphatic rings. The van der Waals surface area contributed by atoms with Crippen molar-refractivity contribution in [3.63, 3.8) is 0 Å². The van der Waals surface area contributed by atoms with Gasteiger partial charge in [-0.15, -0.1) is 0 Å². The largest absolute Gasteiger partial charge is 0.350 e. The Morgan fingerprint density at radius 2 is 1.64 bits per heavy atom. The molecule has 0 spiro atoms. The van der Waals surface area contributed by atoms with Crippen molar-refractivity contribution in [2.24, 2.45) is 0 Å². The van der Waals surface area contributed by atoms with E-state index in [1.165, 1.54) is 16.7 Å². The van der Waals surface area contributed by atoms with Crippen LogP contribution in [0.25, 0.3) is 5.69 Å². The molecule has 0 aliphatic carbocycles. The Bertz CT molecular complexity index is 881. The molecule has 0 unspecified atom stereocenters. The van der Waals surface area contributed by atoms with Crippen molar-refractivity contribution in [3.05, 3.63) is 76.3 Å². The highest BCUT2D eigenvalue weighted by molar-refractivity contribution is 7.71. The first kappa shape index (κ1) is 17.3. The topological polar surface area (TPSA) is 42.7 Å². The molecule has 0 saturated heterocycles. The van der Waals surface area contributed by atoms with Gasteiger partial charge < -0.3 is 5.32 Å². The van der Waals surface area contributed by atoms with Crippen molar-refractivity contribution in [2.45, 2.75) is 33.2 Å². The van der Waals surface area contributed by atoms with Gasteiger partial charge in [0.05, 0.1) is 5.69 Å². The Morgan fingerprint density at radius 3 is 2.24 bits per heavy atom. The third-order valence-electron chi connectivity index (χ3n) is 4.20. The molecule has 2 aromatic carbocycles. The average Bonchev–Trinajstić information content (AvgIpc) is 2.66. The highest BCUT2D eigenvalue weighted by atomic mass is 32.1. The van der Waals surface area contributed by atoms with E-state index in [-0.39, 0.29) is 0 Å². The molecular formula is C20H22N4S. The van der Waals surface area contributed by atoms with Crippen LogP contribution in [0.2, 0.25) is 0 Å². The predicted octanol–water partition coefficient (Wildman–Crippen LogP) is 4.73. The number of para-hydroxylation sites is 1. The van der Waals surface area contributed by atoms with E-state index in [4.69, 9.17) is 12.2 Å². The molecule has 0 radical (unpaired) electrons. The molecule has 5 heteroatoms. The minimum absolute atomic E-state index is 0.515. The second-order valence-electron chi connectivity index (χ2n) is 5.80. The smallest absolute Gasteiger partial charge is 0.227 e. The maximum absolute atomic E-state index is 5.54. The Kier molecular flexibility index (Phi) is 5.56. The molecule has 128 valence electrons. The fourth-order valence-corrected chi connectivity index (χ4v) is 3.10. The number of rotatable bonds is 6. The van der Waals surface area contributed by atoms with Crippen molar-refractivity contribution in [3.8, 4) is 5.69 Å². The fourth-order valence-electron chi connectivity index (χ4n) is 2.88. The molecule has 25 heavy (non-hydrogen) atoms. The van der Waals surface area contributed by atoms with Crippen molar-refractivity contribution in [1.82, 2.24) is 14.5 Å². The first-order chi connectivity index (χ1) is 12.2. The molecule has 1 N–H and O–H groups in total. The summed E-state index contributed by atoms with van der Waals surface area (Å²) in [5.74, 6) is 0.553. The monoisotopic (exact) mass is 350 g/mol. The van der Waals surface area contributed by atoms with Crippen molar-refractivity contribution < 1.29 is 0 Å². The summed E-state index contributed by atoms with van der Waals surface area (Å²) in [4.78, 5) is 8.93. The number of aryl methyl sites for hydroxylation is 2. The molecule has 0 saturated carbocycles. The van der Waals surface area contributed by atoms with Gasteiger partial charge in [-0.1, -0.05) is 62.4 Å². The Balaban J connectivity index is 1.89. The first-order valence-electron chi connectivity index (χ1n) is 8.57. The van der Waals surface area contributed by atoms with Gasteiger partial charge in [0.25, 0.3) is 0 Å². The molecule has 0 fully saturated rings. The fraction of sp³-hybridized carbons (Fsp3) is 0.250. The van der Waals surface area contributed by atoms with Crippen LogP contribution in [0.4, 0.5) is 5.95 Å². The SMILES string of the molecule is CCc1cccc(CC)c1-n1cnc(NCc2ccccc2)nc1=S. The van der Waals surface area contributed by atoms with Gasteiger partial charge in [-0.3, -0.25) is 4.57 Å². The summed E-state index contributed by atoms with van der Waals surface area (Å²) >= 11 is 5.54. The van der Waals surface area contributed by atoms with Crippen LogP contribution in [-0.4, -0.2) is 14.5 Å². The summed E-state index contributed by atoms with van der Waals surface area (Å²) in [6, 6.07) is 16.5. The van der Waals surface area contributed by atoms with Gasteiger partial charge in [-0.2, -0.15) is 4.98 Å². The van der Waals surface area contributed by atoms with Gasteiger partial charge >= 0.3 is 0 Å². The van der Waals surface area contributed by atoms with E-state index >= 15 is 0 Å². The van der Waals surface area contributed by atoms with Crippen LogP contribution in [0, 0.1) is 4.77 Å². The second-order valence-corrected chi connectivity index (χ2v) is 6.17. The van der Waals surface area contributed by atoms with E-state index in [1.54, 1.807) is 6.33 Å². The van der Waals surface area contributed by atoms with Crippen LogP contribution in [0.5, 0.6) is 0 Å². The summed E-state index contributed by atoms with van der Waals surface area (Å²) in [6.07, 6.45) is 3.66. The van der Waals surface area contributed by atoms with Crippen LogP contribution in [0.1, 0.15) is 30.5 Å². The van der Waals surface area contributed by atoms with Crippen molar-refractivity contribution in [1.29, 1.82) is 0 Å². The summed E-state index contributed by atoms with van der Waals surface area (Å²) in [7, 11) is 0. The van der Waals surface area contributed by atoms with Crippen molar-refractivity contribution in [2.75, 3.05) is 5.32 Å². The van der Waals surface area contributed by atoms with Crippen LogP contribution in [-0.2, 0) is 19.4 Å². The van der Waals surface area contributed by atoms with Gasteiger partial charge in [0.15, 0.2) is 0 Å². The van der Waals surface area contributed by atoms with Crippen LogP contribution in [0.3, 0.4) is 0 Å². The highest BCUT2D eigenvalue weighted by Gasteiger charge is 2.10. The molecule has 3 aromatic rings. The van der Waals surface area contributed by atoms with E-state index < -0.39 is 0 Å². The number of hydrogen-bond donors (Lipinski definition) is 1. The zero-order valence-electron chi connectivity index (χ0n) is 14.6. The molecule has 1 aromatic heterocycles. The third kappa shape index (κ3) is 3.94. The maximum atomic E-state index is 5.54. The summed E-state index contributed by atoms with van der Waals surface area (Å²) in [5, 5.41) is 3.24. The number of aromatic nitrogens is 3. The van der Waals surface area contributed by atoms with Gasteiger partial charge in [0.2, 0.25) is 10.7 Å². The Morgan fingerprint density at radius 1 is 0.960 bits per heavy atom. The number of benzene rings is 2. The summed E-state index contributed by atoms with van der Waals surface area (Å²) in [5.41, 5.74) is 4.80. The molecule has 0 aliphatic heterocycles. The lowest BCUT2D eigenvalue weighted by Crippen LogP contribution is -2.10. The number of nitrogens with zero attached hydrogens (tertiary/aromatic N) is 3. The summed E-state index contributed by atoms with van der Waals surface area (Å²) < 4.78 is 2.43. The van der Waals surface area contributed by atoms with Crippen LogP contribution in [0.15, 0.2) is 54.9 Å². The predicted molar refractivity (Wildman–Crippen MR) is 105 cm³/mol.